The van der Waals surface area contributed by atoms with E-state index in [0.717, 1.165) is 12.1 Å². The van der Waals surface area contributed by atoms with Crippen LogP contribution in [-0.4, -0.2) is 28.1 Å². The second-order valence-electron chi connectivity index (χ2n) is 5.03. The number of aliphatic carboxylic acids is 1. The lowest BCUT2D eigenvalue weighted by molar-refractivity contribution is -0.141. The van der Waals surface area contributed by atoms with Gasteiger partial charge in [-0.25, -0.2) is 9.18 Å². The monoisotopic (exact) mass is 295 g/mol. The summed E-state index contributed by atoms with van der Waals surface area (Å²) in [6.45, 7) is 0. The summed E-state index contributed by atoms with van der Waals surface area (Å²) in [5.74, 6) is -4.54. The van der Waals surface area contributed by atoms with Gasteiger partial charge in [0.15, 0.2) is 0 Å². The first kappa shape index (κ1) is 15.0. The zero-order chi connectivity index (χ0) is 15.6. The first-order valence-corrected chi connectivity index (χ1v) is 6.45. The maximum atomic E-state index is 13.2. The average molecular weight is 295 g/mol. The molecule has 0 radical (unpaired) electrons. The predicted octanol–water partition coefficient (Wildman–Crippen LogP) is 1.96. The molecule has 1 fully saturated rings. The highest BCUT2D eigenvalue weighted by molar-refractivity contribution is 5.95. The Morgan fingerprint density at radius 1 is 1.14 bits per heavy atom. The summed E-state index contributed by atoms with van der Waals surface area (Å²) in [5, 5.41) is 20.2. The van der Waals surface area contributed by atoms with Crippen molar-refractivity contribution in [2.75, 3.05) is 5.32 Å². The molecule has 0 aliphatic heterocycles. The molecule has 112 valence electrons. The standard InChI is InChI=1S/C14H14FNO5/c15-11-4-3-9(6-10(11)14(20)21)16-12(17)7-1-2-8(5-7)13(18)19/h3-4,6-8H,1-2,5H2,(H,16,17)(H,18,19)(H,20,21). The van der Waals surface area contributed by atoms with Gasteiger partial charge in [-0.1, -0.05) is 0 Å². The zero-order valence-electron chi connectivity index (χ0n) is 11.0. The van der Waals surface area contributed by atoms with Gasteiger partial charge in [0, 0.05) is 11.6 Å². The van der Waals surface area contributed by atoms with Crippen molar-refractivity contribution in [3.63, 3.8) is 0 Å². The minimum atomic E-state index is -1.42. The van der Waals surface area contributed by atoms with E-state index in [1.54, 1.807) is 0 Å². The van der Waals surface area contributed by atoms with E-state index in [9.17, 15) is 18.8 Å². The lowest BCUT2D eigenvalue weighted by atomic mass is 10.0. The number of amides is 1. The van der Waals surface area contributed by atoms with Gasteiger partial charge in [-0.05, 0) is 37.5 Å². The second-order valence-corrected chi connectivity index (χ2v) is 5.03. The fraction of sp³-hybridized carbons (Fsp3) is 0.357. The van der Waals surface area contributed by atoms with E-state index >= 15 is 0 Å². The van der Waals surface area contributed by atoms with E-state index in [2.05, 4.69) is 5.32 Å². The molecule has 1 aliphatic rings. The van der Waals surface area contributed by atoms with Crippen molar-refractivity contribution >= 4 is 23.5 Å². The summed E-state index contributed by atoms with van der Waals surface area (Å²) >= 11 is 0. The Bertz CT molecular complexity index is 601. The van der Waals surface area contributed by atoms with E-state index in [1.807, 2.05) is 0 Å². The topological polar surface area (TPSA) is 104 Å². The Kier molecular flexibility index (Phi) is 4.21. The van der Waals surface area contributed by atoms with Crippen molar-refractivity contribution in [3.8, 4) is 0 Å². The van der Waals surface area contributed by atoms with Crippen LogP contribution in [0, 0.1) is 17.7 Å². The first-order chi connectivity index (χ1) is 9.88. The van der Waals surface area contributed by atoms with Crippen LogP contribution in [0.2, 0.25) is 0 Å². The third-order valence-corrected chi connectivity index (χ3v) is 3.62. The molecule has 1 aromatic carbocycles. The molecule has 0 spiro atoms. The van der Waals surface area contributed by atoms with Crippen molar-refractivity contribution in [1.82, 2.24) is 0 Å². The van der Waals surface area contributed by atoms with E-state index in [4.69, 9.17) is 10.2 Å². The molecule has 1 saturated carbocycles. The number of anilines is 1. The van der Waals surface area contributed by atoms with Crippen LogP contribution >= 0.6 is 0 Å². The minimum Gasteiger partial charge on any atom is -0.481 e. The van der Waals surface area contributed by atoms with E-state index in [1.165, 1.54) is 6.07 Å². The quantitative estimate of drug-likeness (QED) is 0.787. The number of benzene rings is 1. The highest BCUT2D eigenvalue weighted by Crippen LogP contribution is 2.32. The van der Waals surface area contributed by atoms with Crippen molar-refractivity contribution in [1.29, 1.82) is 0 Å². The second kappa shape index (κ2) is 5.90. The predicted molar refractivity (Wildman–Crippen MR) is 70.5 cm³/mol. The smallest absolute Gasteiger partial charge is 0.338 e. The number of carboxylic acids is 2. The number of carbonyl (C=O) groups is 3. The number of hydrogen-bond acceptors (Lipinski definition) is 3. The molecule has 6 nitrogen and oxygen atoms in total. The van der Waals surface area contributed by atoms with Gasteiger partial charge in [-0.2, -0.15) is 0 Å². The maximum absolute atomic E-state index is 13.2. The van der Waals surface area contributed by atoms with Gasteiger partial charge in [0.2, 0.25) is 5.91 Å². The minimum absolute atomic E-state index is 0.178. The van der Waals surface area contributed by atoms with Gasteiger partial charge in [-0.15, -0.1) is 0 Å². The molecule has 3 N–H and O–H groups in total. The average Bonchev–Trinajstić information content (AvgIpc) is 2.90. The van der Waals surface area contributed by atoms with Gasteiger partial charge in [0.1, 0.15) is 5.82 Å². The fourth-order valence-corrected chi connectivity index (χ4v) is 2.46. The van der Waals surface area contributed by atoms with Crippen LogP contribution < -0.4 is 5.32 Å². The Morgan fingerprint density at radius 3 is 2.38 bits per heavy atom. The van der Waals surface area contributed by atoms with Gasteiger partial charge in [0.05, 0.1) is 11.5 Å². The summed E-state index contributed by atoms with van der Waals surface area (Å²) in [6, 6.07) is 3.27. The van der Waals surface area contributed by atoms with E-state index < -0.39 is 35.2 Å². The van der Waals surface area contributed by atoms with Crippen LogP contribution in [0.25, 0.3) is 0 Å². The van der Waals surface area contributed by atoms with Crippen LogP contribution in [-0.2, 0) is 9.59 Å². The van der Waals surface area contributed by atoms with Crippen molar-refractivity contribution in [2.24, 2.45) is 11.8 Å². The molecule has 2 atom stereocenters. The Labute approximate surface area is 119 Å². The summed E-state index contributed by atoms with van der Waals surface area (Å²) in [4.78, 5) is 33.7. The van der Waals surface area contributed by atoms with Crippen molar-refractivity contribution in [3.05, 3.63) is 29.6 Å². The number of nitrogens with one attached hydrogen (secondary N) is 1. The highest BCUT2D eigenvalue weighted by atomic mass is 19.1. The van der Waals surface area contributed by atoms with Gasteiger partial charge >= 0.3 is 11.9 Å². The Hall–Kier alpha value is -2.44. The third-order valence-electron chi connectivity index (χ3n) is 3.62. The maximum Gasteiger partial charge on any atom is 0.338 e. The molecule has 7 heteroatoms. The molecule has 1 aliphatic carbocycles. The van der Waals surface area contributed by atoms with Gasteiger partial charge in [0.25, 0.3) is 0 Å². The molecule has 0 saturated heterocycles. The van der Waals surface area contributed by atoms with Gasteiger partial charge in [-0.3, -0.25) is 9.59 Å². The summed E-state index contributed by atoms with van der Waals surface area (Å²) in [5.41, 5.74) is -0.347. The SMILES string of the molecule is O=C(O)c1cc(NC(=O)C2CCC(C(=O)O)C2)ccc1F. The molecule has 21 heavy (non-hydrogen) atoms. The Morgan fingerprint density at radius 2 is 1.81 bits per heavy atom. The molecular formula is C14H14FNO5. The third kappa shape index (κ3) is 3.36. The summed E-state index contributed by atoms with van der Waals surface area (Å²) in [7, 11) is 0. The van der Waals surface area contributed by atoms with Crippen molar-refractivity contribution in [2.45, 2.75) is 19.3 Å². The molecule has 1 aromatic rings. The lowest BCUT2D eigenvalue weighted by Crippen LogP contribution is -2.22. The molecule has 2 unspecified atom stereocenters. The Balaban J connectivity index is 2.05. The largest absolute Gasteiger partial charge is 0.481 e. The highest BCUT2D eigenvalue weighted by Gasteiger charge is 2.33. The van der Waals surface area contributed by atoms with Crippen LogP contribution in [0.4, 0.5) is 10.1 Å². The fourth-order valence-electron chi connectivity index (χ4n) is 2.46. The number of carbonyl (C=O) groups excluding carboxylic acids is 1. The zero-order valence-corrected chi connectivity index (χ0v) is 11.0. The van der Waals surface area contributed by atoms with Crippen LogP contribution in [0.5, 0.6) is 0 Å². The number of halogens is 1. The van der Waals surface area contributed by atoms with Crippen LogP contribution in [0.1, 0.15) is 29.6 Å². The van der Waals surface area contributed by atoms with Gasteiger partial charge < -0.3 is 15.5 Å². The molecule has 0 heterocycles. The molecule has 0 bridgehead atoms. The lowest BCUT2D eigenvalue weighted by Gasteiger charge is -2.11. The first-order valence-electron chi connectivity index (χ1n) is 6.45. The van der Waals surface area contributed by atoms with Crippen molar-refractivity contribution < 1.29 is 29.0 Å². The molecule has 0 aromatic heterocycles. The summed E-state index contributed by atoms with van der Waals surface area (Å²) in [6.07, 6.45) is 1.17. The normalized spacial score (nSPS) is 21.0. The van der Waals surface area contributed by atoms with Crippen LogP contribution in [0.3, 0.4) is 0 Å². The number of carboxylic acid groups (broad SMARTS) is 2. The number of rotatable bonds is 4. The summed E-state index contributed by atoms with van der Waals surface area (Å²) < 4.78 is 13.2. The van der Waals surface area contributed by atoms with Crippen LogP contribution in [0.15, 0.2) is 18.2 Å². The van der Waals surface area contributed by atoms with E-state index in [0.29, 0.717) is 12.8 Å². The molecule has 1 amide bonds. The number of aromatic carboxylic acids is 1. The molecule has 2 rings (SSSR count). The van der Waals surface area contributed by atoms with E-state index in [-0.39, 0.29) is 18.0 Å². The number of hydrogen-bond donors (Lipinski definition) is 3. The molecular weight excluding hydrogens is 281 g/mol.